The maximum absolute atomic E-state index is 12.1. The molecule has 0 saturated heterocycles. The third kappa shape index (κ3) is 4.49. The van der Waals surface area contributed by atoms with Crippen LogP contribution in [0.4, 0.5) is 13.2 Å². The zero-order valence-corrected chi connectivity index (χ0v) is 11.6. The van der Waals surface area contributed by atoms with E-state index in [0.29, 0.717) is 12.8 Å². The van der Waals surface area contributed by atoms with Gasteiger partial charge >= 0.3 is 6.18 Å². The molecule has 7 heteroatoms. The first-order chi connectivity index (χ1) is 9.25. The molecule has 0 radical (unpaired) electrons. The van der Waals surface area contributed by atoms with Gasteiger partial charge in [0.15, 0.2) is 0 Å². The fourth-order valence-corrected chi connectivity index (χ4v) is 3.69. The van der Waals surface area contributed by atoms with Crippen molar-refractivity contribution in [3.8, 4) is 0 Å². The van der Waals surface area contributed by atoms with E-state index in [9.17, 15) is 21.6 Å². The molecule has 0 aromatic heterocycles. The Morgan fingerprint density at radius 2 is 1.85 bits per heavy atom. The fourth-order valence-electron chi connectivity index (χ4n) is 2.36. The summed E-state index contributed by atoms with van der Waals surface area (Å²) in [6.07, 6.45) is -3.88. The van der Waals surface area contributed by atoms with Gasteiger partial charge in [-0.25, -0.2) is 13.1 Å². The topological polar surface area (TPSA) is 46.2 Å². The Labute approximate surface area is 116 Å². The third-order valence-corrected chi connectivity index (χ3v) is 4.78. The van der Waals surface area contributed by atoms with E-state index < -0.39 is 28.4 Å². The van der Waals surface area contributed by atoms with Crippen molar-refractivity contribution >= 4 is 10.0 Å². The van der Waals surface area contributed by atoms with Crippen LogP contribution < -0.4 is 4.72 Å². The average Bonchev–Trinajstić information content (AvgIpc) is 2.35. The highest BCUT2D eigenvalue weighted by atomic mass is 32.2. The summed E-state index contributed by atoms with van der Waals surface area (Å²) in [6.45, 7) is 0. The average molecular weight is 307 g/mol. The van der Waals surface area contributed by atoms with E-state index in [-0.39, 0.29) is 6.04 Å². The van der Waals surface area contributed by atoms with Gasteiger partial charge in [-0.2, -0.15) is 13.2 Å². The molecular weight excluding hydrogens is 291 g/mol. The smallest absolute Gasteiger partial charge is 0.212 e. The van der Waals surface area contributed by atoms with Gasteiger partial charge in [0.2, 0.25) is 10.0 Å². The second-order valence-corrected chi connectivity index (χ2v) is 6.88. The second kappa shape index (κ2) is 5.73. The summed E-state index contributed by atoms with van der Waals surface area (Å²) in [5.41, 5.74) is 2.24. The summed E-state index contributed by atoms with van der Waals surface area (Å²) in [6, 6.07) is 7.39. The number of fused-ring (bicyclic) bond motifs is 1. The Hall–Kier alpha value is -1.08. The van der Waals surface area contributed by atoms with Crippen molar-refractivity contribution in [1.29, 1.82) is 0 Å². The van der Waals surface area contributed by atoms with Crippen LogP contribution in [0.15, 0.2) is 24.3 Å². The zero-order chi connectivity index (χ0) is 14.8. The van der Waals surface area contributed by atoms with Crippen LogP contribution >= 0.6 is 0 Å². The number of hydrogen-bond acceptors (Lipinski definition) is 2. The van der Waals surface area contributed by atoms with E-state index in [1.54, 1.807) is 0 Å². The Bertz CT molecular complexity index is 569. The Balaban J connectivity index is 1.95. The van der Waals surface area contributed by atoms with Crippen LogP contribution in [0.25, 0.3) is 0 Å². The van der Waals surface area contributed by atoms with E-state index in [1.807, 2.05) is 24.3 Å². The van der Waals surface area contributed by atoms with Crippen molar-refractivity contribution in [3.63, 3.8) is 0 Å². The quantitative estimate of drug-likeness (QED) is 0.928. The van der Waals surface area contributed by atoms with Crippen molar-refractivity contribution in [2.24, 2.45) is 0 Å². The molecule has 1 aliphatic rings. The molecule has 0 spiro atoms. The number of sulfonamides is 1. The predicted octanol–water partition coefficient (Wildman–Crippen LogP) is 2.42. The summed E-state index contributed by atoms with van der Waals surface area (Å²) in [7, 11) is -3.89. The van der Waals surface area contributed by atoms with Crippen LogP contribution in [0.2, 0.25) is 0 Å². The van der Waals surface area contributed by atoms with E-state index in [0.717, 1.165) is 12.0 Å². The van der Waals surface area contributed by atoms with Gasteiger partial charge in [0.25, 0.3) is 0 Å². The first-order valence-corrected chi connectivity index (χ1v) is 8.04. The second-order valence-electron chi connectivity index (χ2n) is 5.01. The Morgan fingerprint density at radius 1 is 1.20 bits per heavy atom. The minimum absolute atomic E-state index is 0.317. The number of hydrogen-bond donors (Lipinski definition) is 1. The molecule has 1 aliphatic carbocycles. The van der Waals surface area contributed by atoms with Gasteiger partial charge < -0.3 is 0 Å². The van der Waals surface area contributed by atoms with Crippen molar-refractivity contribution in [3.05, 3.63) is 35.4 Å². The molecule has 20 heavy (non-hydrogen) atoms. The molecule has 1 unspecified atom stereocenters. The summed E-state index contributed by atoms with van der Waals surface area (Å²) in [4.78, 5) is 0. The molecule has 0 bridgehead atoms. The van der Waals surface area contributed by atoms with Crippen LogP contribution in [-0.2, 0) is 22.9 Å². The number of rotatable bonds is 4. The SMILES string of the molecule is O=S(=O)(CCC(F)(F)F)NC1CCc2ccccc2C1. The maximum Gasteiger partial charge on any atom is 0.390 e. The molecule has 112 valence electrons. The molecule has 3 nitrogen and oxygen atoms in total. The number of aryl methyl sites for hydroxylation is 1. The van der Waals surface area contributed by atoms with E-state index in [2.05, 4.69) is 4.72 Å². The monoisotopic (exact) mass is 307 g/mol. The van der Waals surface area contributed by atoms with Crippen molar-refractivity contribution in [2.75, 3.05) is 5.75 Å². The Kier molecular flexibility index (Phi) is 4.39. The van der Waals surface area contributed by atoms with E-state index >= 15 is 0 Å². The van der Waals surface area contributed by atoms with Crippen molar-refractivity contribution < 1.29 is 21.6 Å². The minimum Gasteiger partial charge on any atom is -0.212 e. The van der Waals surface area contributed by atoms with Gasteiger partial charge in [0.1, 0.15) is 0 Å². The molecule has 1 aromatic rings. The number of benzene rings is 1. The number of alkyl halides is 3. The van der Waals surface area contributed by atoms with Crippen molar-refractivity contribution in [1.82, 2.24) is 4.72 Å². The summed E-state index contributed by atoms with van der Waals surface area (Å²) >= 11 is 0. The Morgan fingerprint density at radius 3 is 2.50 bits per heavy atom. The van der Waals surface area contributed by atoms with Gasteiger partial charge in [-0.3, -0.25) is 0 Å². The van der Waals surface area contributed by atoms with Gasteiger partial charge in [-0.15, -0.1) is 0 Å². The lowest BCUT2D eigenvalue weighted by atomic mass is 9.89. The number of halogens is 3. The molecule has 1 N–H and O–H groups in total. The molecule has 0 saturated carbocycles. The molecule has 2 rings (SSSR count). The first-order valence-electron chi connectivity index (χ1n) is 6.39. The summed E-state index contributed by atoms with van der Waals surface area (Å²) in [5.74, 6) is -0.908. The van der Waals surface area contributed by atoms with E-state index in [1.165, 1.54) is 5.56 Å². The third-order valence-electron chi connectivity index (χ3n) is 3.35. The lowest BCUT2D eigenvalue weighted by molar-refractivity contribution is -0.130. The van der Waals surface area contributed by atoms with Gasteiger partial charge in [0, 0.05) is 6.04 Å². The molecule has 0 fully saturated rings. The van der Waals surface area contributed by atoms with Gasteiger partial charge in [-0.05, 0) is 30.4 Å². The van der Waals surface area contributed by atoms with Crippen LogP contribution in [0, 0.1) is 0 Å². The van der Waals surface area contributed by atoms with Crippen LogP contribution in [0.3, 0.4) is 0 Å². The zero-order valence-electron chi connectivity index (χ0n) is 10.8. The predicted molar refractivity (Wildman–Crippen MR) is 69.8 cm³/mol. The van der Waals surface area contributed by atoms with Crippen molar-refractivity contribution in [2.45, 2.75) is 37.9 Å². The molecular formula is C13H16F3NO2S. The van der Waals surface area contributed by atoms with Gasteiger partial charge in [-0.1, -0.05) is 24.3 Å². The van der Waals surface area contributed by atoms with E-state index in [4.69, 9.17) is 0 Å². The highest BCUT2D eigenvalue weighted by Gasteiger charge is 2.31. The van der Waals surface area contributed by atoms with Crippen LogP contribution in [0.5, 0.6) is 0 Å². The lowest BCUT2D eigenvalue weighted by Crippen LogP contribution is -2.40. The minimum atomic E-state index is -4.45. The summed E-state index contributed by atoms with van der Waals surface area (Å²) in [5, 5.41) is 0. The molecule has 0 amide bonds. The fraction of sp³-hybridized carbons (Fsp3) is 0.538. The first kappa shape index (κ1) is 15.3. The van der Waals surface area contributed by atoms with Gasteiger partial charge in [0.05, 0.1) is 12.2 Å². The number of nitrogens with one attached hydrogen (secondary N) is 1. The van der Waals surface area contributed by atoms with Crippen LogP contribution in [-0.4, -0.2) is 26.4 Å². The molecule has 1 aromatic carbocycles. The normalized spacial score (nSPS) is 19.6. The highest BCUT2D eigenvalue weighted by molar-refractivity contribution is 7.89. The summed E-state index contributed by atoms with van der Waals surface area (Å²) < 4.78 is 61.9. The molecule has 0 heterocycles. The lowest BCUT2D eigenvalue weighted by Gasteiger charge is -2.25. The standard InChI is InChI=1S/C13H16F3NO2S/c14-13(15,16)7-8-20(18,19)17-12-6-5-10-3-1-2-4-11(10)9-12/h1-4,12,17H,5-9H2. The molecule has 1 atom stereocenters. The molecule has 0 aliphatic heterocycles. The maximum atomic E-state index is 12.1. The van der Waals surface area contributed by atoms with Crippen LogP contribution in [0.1, 0.15) is 24.0 Å². The largest absolute Gasteiger partial charge is 0.390 e. The highest BCUT2D eigenvalue weighted by Crippen LogP contribution is 2.23.